The molecule has 0 fully saturated rings. The summed E-state index contributed by atoms with van der Waals surface area (Å²) in [6.07, 6.45) is -2.96. The average molecular weight is 473 g/mol. The summed E-state index contributed by atoms with van der Waals surface area (Å²) >= 11 is 0. The highest BCUT2D eigenvalue weighted by molar-refractivity contribution is 7.92. The summed E-state index contributed by atoms with van der Waals surface area (Å²) < 4.78 is 66.9. The molecule has 0 bridgehead atoms. The summed E-state index contributed by atoms with van der Waals surface area (Å²) in [6.45, 7) is 2.72. The van der Waals surface area contributed by atoms with E-state index in [0.29, 0.717) is 12.3 Å². The summed E-state index contributed by atoms with van der Waals surface area (Å²) in [5.74, 6) is -1.98. The van der Waals surface area contributed by atoms with Gasteiger partial charge in [-0.2, -0.15) is 18.3 Å². The zero-order valence-corrected chi connectivity index (χ0v) is 18.1. The van der Waals surface area contributed by atoms with Crippen LogP contribution in [0.3, 0.4) is 0 Å². The van der Waals surface area contributed by atoms with Crippen molar-refractivity contribution < 1.29 is 26.4 Å². The molecule has 3 aromatic rings. The number of benzene rings is 1. The van der Waals surface area contributed by atoms with Gasteiger partial charge in [0.2, 0.25) is 0 Å². The second-order valence-electron chi connectivity index (χ2n) is 7.33. The van der Waals surface area contributed by atoms with Crippen LogP contribution < -0.4 is 15.7 Å². The van der Waals surface area contributed by atoms with Crippen LogP contribution in [0.5, 0.6) is 0 Å². The first kappa shape index (κ1) is 23.2. The number of hydrogen-bond donors (Lipinski definition) is 1. The number of rotatable bonds is 4. The molecule has 0 aliphatic heterocycles. The Morgan fingerprint density at radius 2 is 1.84 bits per heavy atom. The SMILES string of the molecule is CC(C)C(=O)N(n1c(=O)[nH]c2cc(C(F)(F)F)c(-c3ccnn3C)cc2c1=O)S(C)(=O)=O. The zero-order valence-electron chi connectivity index (χ0n) is 17.3. The fourth-order valence-corrected chi connectivity index (χ4v) is 4.12. The normalized spacial score (nSPS) is 12.5. The monoisotopic (exact) mass is 473 g/mol. The maximum Gasteiger partial charge on any atom is 0.417 e. The Labute approximate surface area is 178 Å². The van der Waals surface area contributed by atoms with Gasteiger partial charge in [0, 0.05) is 24.7 Å². The number of hydrogen-bond acceptors (Lipinski definition) is 6. The minimum atomic E-state index is -4.84. The van der Waals surface area contributed by atoms with Crippen LogP contribution in [0.2, 0.25) is 0 Å². The molecule has 0 radical (unpaired) electrons. The second-order valence-corrected chi connectivity index (χ2v) is 9.14. The fourth-order valence-electron chi connectivity index (χ4n) is 3.14. The first-order valence-corrected chi connectivity index (χ1v) is 10.9. The molecule has 14 heteroatoms. The van der Waals surface area contributed by atoms with E-state index in [9.17, 15) is 36.0 Å². The Balaban J connectivity index is 2.47. The van der Waals surface area contributed by atoms with Gasteiger partial charge in [0.1, 0.15) is 0 Å². The van der Waals surface area contributed by atoms with Crippen molar-refractivity contribution >= 4 is 26.8 Å². The summed E-state index contributed by atoms with van der Waals surface area (Å²) in [6, 6.07) is 2.76. The molecular formula is C18H18F3N5O5S. The first-order valence-electron chi connectivity index (χ1n) is 9.07. The van der Waals surface area contributed by atoms with Crippen LogP contribution in [0.4, 0.5) is 13.2 Å². The van der Waals surface area contributed by atoms with Crippen LogP contribution in [-0.4, -0.2) is 40.0 Å². The molecule has 2 aromatic heterocycles. The van der Waals surface area contributed by atoms with Crippen molar-refractivity contribution in [2.24, 2.45) is 13.0 Å². The van der Waals surface area contributed by atoms with Gasteiger partial charge in [-0.15, -0.1) is 9.09 Å². The Morgan fingerprint density at radius 1 is 1.22 bits per heavy atom. The summed E-state index contributed by atoms with van der Waals surface area (Å²) in [7, 11) is -3.03. The van der Waals surface area contributed by atoms with Crippen molar-refractivity contribution in [3.63, 3.8) is 0 Å². The number of fused-ring (bicyclic) bond motifs is 1. The Morgan fingerprint density at radius 3 is 2.31 bits per heavy atom. The lowest BCUT2D eigenvalue weighted by atomic mass is 10.0. The van der Waals surface area contributed by atoms with Crippen LogP contribution >= 0.6 is 0 Å². The molecule has 1 amide bonds. The molecule has 2 heterocycles. The minimum absolute atomic E-state index is 0.0136. The van der Waals surface area contributed by atoms with Crippen molar-refractivity contribution in [2.75, 3.05) is 10.7 Å². The molecule has 0 atom stereocenters. The molecule has 3 rings (SSSR count). The van der Waals surface area contributed by atoms with Crippen LogP contribution in [0, 0.1) is 5.92 Å². The molecule has 0 aliphatic rings. The molecule has 0 spiro atoms. The third kappa shape index (κ3) is 3.92. The number of aromatic nitrogens is 4. The van der Waals surface area contributed by atoms with E-state index in [0.717, 1.165) is 10.7 Å². The van der Waals surface area contributed by atoms with Gasteiger partial charge in [-0.3, -0.25) is 14.3 Å². The molecular weight excluding hydrogens is 455 g/mol. The predicted octanol–water partition coefficient (Wildman–Crippen LogP) is 1.19. The van der Waals surface area contributed by atoms with Gasteiger partial charge in [-0.25, -0.2) is 13.2 Å². The van der Waals surface area contributed by atoms with Crippen molar-refractivity contribution in [3.05, 3.63) is 50.8 Å². The number of sulfonamides is 1. The molecule has 1 aromatic carbocycles. The van der Waals surface area contributed by atoms with E-state index in [2.05, 4.69) is 10.1 Å². The molecule has 10 nitrogen and oxygen atoms in total. The van der Waals surface area contributed by atoms with E-state index >= 15 is 0 Å². The molecule has 1 N–H and O–H groups in total. The quantitative estimate of drug-likeness (QED) is 0.607. The molecule has 0 unspecified atom stereocenters. The third-order valence-electron chi connectivity index (χ3n) is 4.59. The van der Waals surface area contributed by atoms with E-state index < -0.39 is 61.3 Å². The van der Waals surface area contributed by atoms with Crippen LogP contribution in [0.15, 0.2) is 34.0 Å². The maximum absolute atomic E-state index is 13.7. The number of nitrogens with one attached hydrogen (secondary N) is 1. The standard InChI is InChI=1S/C18H18F3N5O5S/c1-9(2)15(27)26(32(4,30)31)25-16(28)11-7-10(14-5-6-22-24(14)3)12(18(19,20)21)8-13(11)23-17(25)29/h5-9H,1-4H3,(H,23,29). The van der Waals surface area contributed by atoms with Gasteiger partial charge in [0.05, 0.1) is 28.4 Å². The summed E-state index contributed by atoms with van der Waals surface area (Å²) in [5.41, 5.74) is -4.67. The first-order chi connectivity index (χ1) is 14.6. The third-order valence-corrected chi connectivity index (χ3v) is 5.57. The van der Waals surface area contributed by atoms with E-state index in [-0.39, 0.29) is 14.8 Å². The number of carbonyl (C=O) groups is 1. The van der Waals surface area contributed by atoms with Gasteiger partial charge >= 0.3 is 11.9 Å². The van der Waals surface area contributed by atoms with Gasteiger partial charge in [0.25, 0.3) is 21.5 Å². The maximum atomic E-state index is 13.7. The topological polar surface area (TPSA) is 127 Å². The minimum Gasteiger partial charge on any atom is -0.305 e. The van der Waals surface area contributed by atoms with E-state index in [1.54, 1.807) is 0 Å². The van der Waals surface area contributed by atoms with Gasteiger partial charge in [-0.05, 0) is 18.2 Å². The molecule has 32 heavy (non-hydrogen) atoms. The van der Waals surface area contributed by atoms with E-state index in [1.807, 2.05) is 0 Å². The fraction of sp³-hybridized carbons (Fsp3) is 0.333. The van der Waals surface area contributed by atoms with Crippen molar-refractivity contribution in [1.29, 1.82) is 0 Å². The van der Waals surface area contributed by atoms with Crippen LogP contribution in [-0.2, 0) is 28.0 Å². The number of aryl methyl sites for hydroxylation is 1. The van der Waals surface area contributed by atoms with Crippen molar-refractivity contribution in [1.82, 2.24) is 19.4 Å². The zero-order chi connectivity index (χ0) is 24.2. The number of halogens is 3. The largest absolute Gasteiger partial charge is 0.417 e. The summed E-state index contributed by atoms with van der Waals surface area (Å²) in [4.78, 5) is 40.2. The van der Waals surface area contributed by atoms with Crippen LogP contribution in [0.25, 0.3) is 22.2 Å². The Kier molecular flexibility index (Phi) is 5.53. The molecule has 0 aliphatic carbocycles. The number of nitrogens with zero attached hydrogens (tertiary/aromatic N) is 4. The number of H-pyrrole nitrogens is 1. The Hall–Kier alpha value is -3.42. The van der Waals surface area contributed by atoms with E-state index in [1.165, 1.54) is 33.2 Å². The second kappa shape index (κ2) is 7.62. The number of amides is 1. The Bertz CT molecular complexity index is 1450. The highest BCUT2D eigenvalue weighted by atomic mass is 32.2. The van der Waals surface area contributed by atoms with E-state index in [4.69, 9.17) is 0 Å². The van der Waals surface area contributed by atoms with Crippen molar-refractivity contribution in [2.45, 2.75) is 20.0 Å². The number of alkyl halides is 3. The molecule has 172 valence electrons. The highest BCUT2D eigenvalue weighted by Gasteiger charge is 2.36. The van der Waals surface area contributed by atoms with Crippen molar-refractivity contribution in [3.8, 4) is 11.3 Å². The predicted molar refractivity (Wildman–Crippen MR) is 109 cm³/mol. The number of aromatic amines is 1. The average Bonchev–Trinajstić information content (AvgIpc) is 3.07. The van der Waals surface area contributed by atoms with Gasteiger partial charge in [-0.1, -0.05) is 13.8 Å². The van der Waals surface area contributed by atoms with Gasteiger partial charge < -0.3 is 4.98 Å². The smallest absolute Gasteiger partial charge is 0.305 e. The van der Waals surface area contributed by atoms with Crippen LogP contribution in [0.1, 0.15) is 19.4 Å². The summed E-state index contributed by atoms with van der Waals surface area (Å²) in [5, 5.41) is 3.40. The lowest BCUT2D eigenvalue weighted by Crippen LogP contribution is -2.56. The highest BCUT2D eigenvalue weighted by Crippen LogP contribution is 2.38. The lowest BCUT2D eigenvalue weighted by molar-refractivity contribution is -0.137. The van der Waals surface area contributed by atoms with Gasteiger partial charge in [0.15, 0.2) is 0 Å². The molecule has 0 saturated heterocycles. The molecule has 0 saturated carbocycles. The lowest BCUT2D eigenvalue weighted by Gasteiger charge is -2.23. The number of carbonyl (C=O) groups excluding carboxylic acids is 1.